The quantitative estimate of drug-likeness (QED) is 0.600. The Bertz CT molecular complexity index is 604. The van der Waals surface area contributed by atoms with Crippen molar-refractivity contribution in [2.24, 2.45) is 4.40 Å². The number of ether oxygens (including phenoxy) is 3. The van der Waals surface area contributed by atoms with E-state index in [-0.39, 0.29) is 4.75 Å². The molecule has 1 aliphatic heterocycles. The van der Waals surface area contributed by atoms with Crippen molar-refractivity contribution in [3.63, 3.8) is 0 Å². The summed E-state index contributed by atoms with van der Waals surface area (Å²) in [5.41, 5.74) is 2.68. The van der Waals surface area contributed by atoms with E-state index in [1.54, 1.807) is 6.21 Å². The third kappa shape index (κ3) is 4.11. The topological polar surface area (TPSA) is 63.1 Å². The first-order chi connectivity index (χ1) is 11.2. The van der Waals surface area contributed by atoms with Gasteiger partial charge in [-0.2, -0.15) is 0 Å². The number of rotatable bonds is 5. The molecule has 1 aromatic carbocycles. The van der Waals surface area contributed by atoms with Crippen LogP contribution in [-0.2, 0) is 26.6 Å². The van der Waals surface area contributed by atoms with Gasteiger partial charge < -0.3 is 18.8 Å². The average molecular weight is 353 g/mol. The van der Waals surface area contributed by atoms with Crippen LogP contribution in [0.15, 0.2) is 16.5 Å². The van der Waals surface area contributed by atoms with Crippen LogP contribution in [0.25, 0.3) is 0 Å². The van der Waals surface area contributed by atoms with Crippen LogP contribution in [-0.4, -0.2) is 35.3 Å². The van der Waals surface area contributed by atoms with Crippen molar-refractivity contribution in [2.75, 3.05) is 19.8 Å². The molecule has 0 aromatic heterocycles. The molecule has 1 aliphatic rings. The van der Waals surface area contributed by atoms with Crippen molar-refractivity contribution in [2.45, 2.75) is 52.1 Å². The van der Waals surface area contributed by atoms with Crippen LogP contribution >= 0.6 is 0 Å². The first-order valence-electron chi connectivity index (χ1n) is 8.20. The Hall–Kier alpha value is -1.08. The number of benzene rings is 1. The molecule has 0 aliphatic carbocycles. The molecule has 0 radical (unpaired) electrons. The van der Waals surface area contributed by atoms with Crippen molar-refractivity contribution in [3.05, 3.63) is 28.8 Å². The van der Waals surface area contributed by atoms with Gasteiger partial charge in [0, 0.05) is 11.1 Å². The largest absolute Gasteiger partial charge is 0.591 e. The standard InChI is InChI=1S/C18H27NO4S/c1-7-21-16-13(2)14(12-19-24(20)17(3,4)5)8-9-15(16)18(6)22-10-11-23-18/h8-9,12H,7,10-11H2,1-6H3/b19-12+. The van der Waals surface area contributed by atoms with Gasteiger partial charge in [-0.25, -0.2) is 0 Å². The Labute approximate surface area is 147 Å². The lowest BCUT2D eigenvalue weighted by molar-refractivity contribution is -0.150. The van der Waals surface area contributed by atoms with Crippen LogP contribution < -0.4 is 4.74 Å². The summed E-state index contributed by atoms with van der Waals surface area (Å²) in [6.45, 7) is 13.2. The highest BCUT2D eigenvalue weighted by Crippen LogP contribution is 2.39. The second-order valence-electron chi connectivity index (χ2n) is 6.83. The van der Waals surface area contributed by atoms with Gasteiger partial charge in [0.15, 0.2) is 5.79 Å². The van der Waals surface area contributed by atoms with Gasteiger partial charge >= 0.3 is 0 Å². The predicted molar refractivity (Wildman–Crippen MR) is 97.1 cm³/mol. The predicted octanol–water partition coefficient (Wildman–Crippen LogP) is 3.49. The van der Waals surface area contributed by atoms with Gasteiger partial charge in [0.1, 0.15) is 21.9 Å². The molecule has 24 heavy (non-hydrogen) atoms. The van der Waals surface area contributed by atoms with Crippen molar-refractivity contribution in [1.82, 2.24) is 0 Å². The Morgan fingerprint density at radius 1 is 1.33 bits per heavy atom. The van der Waals surface area contributed by atoms with E-state index >= 15 is 0 Å². The first kappa shape index (κ1) is 19.2. The average Bonchev–Trinajstić information content (AvgIpc) is 2.94. The maximum absolute atomic E-state index is 12.1. The first-order valence-corrected chi connectivity index (χ1v) is 9.30. The number of nitrogens with zero attached hydrogens (tertiary/aromatic N) is 1. The second kappa shape index (κ2) is 7.44. The van der Waals surface area contributed by atoms with E-state index in [1.165, 1.54) is 0 Å². The molecule has 1 atom stereocenters. The van der Waals surface area contributed by atoms with E-state index < -0.39 is 17.1 Å². The fourth-order valence-electron chi connectivity index (χ4n) is 2.47. The summed E-state index contributed by atoms with van der Waals surface area (Å²) in [5, 5.41) is 0. The summed E-state index contributed by atoms with van der Waals surface area (Å²) in [5.74, 6) is -0.0495. The van der Waals surface area contributed by atoms with E-state index in [1.807, 2.05) is 53.7 Å². The van der Waals surface area contributed by atoms with Gasteiger partial charge in [0.05, 0.1) is 31.6 Å². The molecular weight excluding hydrogens is 326 g/mol. The third-order valence-corrected chi connectivity index (χ3v) is 5.22. The molecule has 0 amide bonds. The smallest absolute Gasteiger partial charge is 0.195 e. The van der Waals surface area contributed by atoms with E-state index in [4.69, 9.17) is 14.2 Å². The minimum atomic E-state index is -1.29. The van der Waals surface area contributed by atoms with Crippen LogP contribution in [0, 0.1) is 6.92 Å². The zero-order chi connectivity index (χ0) is 18.0. The molecular formula is C18H27NO4S. The fraction of sp³-hybridized carbons (Fsp3) is 0.611. The summed E-state index contributed by atoms with van der Waals surface area (Å²) in [6.07, 6.45) is 1.65. The highest BCUT2D eigenvalue weighted by Gasteiger charge is 2.36. The fourth-order valence-corrected chi connectivity index (χ4v) is 2.99. The highest BCUT2D eigenvalue weighted by atomic mass is 32.2. The number of hydrogen-bond acceptors (Lipinski definition) is 5. The monoisotopic (exact) mass is 353 g/mol. The van der Waals surface area contributed by atoms with Crippen molar-refractivity contribution >= 4 is 17.6 Å². The van der Waals surface area contributed by atoms with Gasteiger partial charge in [-0.1, -0.05) is 10.5 Å². The van der Waals surface area contributed by atoms with Gasteiger partial charge in [-0.05, 0) is 47.6 Å². The molecule has 1 saturated heterocycles. The molecule has 0 saturated carbocycles. The summed E-state index contributed by atoms with van der Waals surface area (Å²) >= 11 is -1.29. The minimum absolute atomic E-state index is 0.383. The molecule has 6 heteroatoms. The second-order valence-corrected chi connectivity index (χ2v) is 8.76. The molecule has 0 spiro atoms. The molecule has 134 valence electrons. The van der Waals surface area contributed by atoms with E-state index in [0.717, 1.165) is 22.4 Å². The molecule has 1 aromatic rings. The molecule has 1 unspecified atom stereocenters. The number of hydrogen-bond donors (Lipinski definition) is 0. The van der Waals surface area contributed by atoms with Gasteiger partial charge in [-0.15, -0.1) is 0 Å². The van der Waals surface area contributed by atoms with Gasteiger partial charge in [0.2, 0.25) is 0 Å². The minimum Gasteiger partial charge on any atom is -0.591 e. The van der Waals surface area contributed by atoms with E-state index in [2.05, 4.69) is 4.40 Å². The molecule has 0 N–H and O–H groups in total. The Balaban J connectivity index is 2.39. The molecule has 1 fully saturated rings. The zero-order valence-corrected chi connectivity index (χ0v) is 16.2. The molecule has 2 rings (SSSR count). The van der Waals surface area contributed by atoms with Gasteiger partial charge in [0.25, 0.3) is 0 Å². The lowest BCUT2D eigenvalue weighted by atomic mass is 9.99. The van der Waals surface area contributed by atoms with E-state index in [9.17, 15) is 4.55 Å². The van der Waals surface area contributed by atoms with Crippen LogP contribution in [0.5, 0.6) is 5.75 Å². The Kier molecular flexibility index (Phi) is 5.96. The van der Waals surface area contributed by atoms with Crippen LogP contribution in [0.3, 0.4) is 0 Å². The maximum Gasteiger partial charge on any atom is 0.195 e. The lowest BCUT2D eigenvalue weighted by Crippen LogP contribution is -2.26. The lowest BCUT2D eigenvalue weighted by Gasteiger charge is -2.26. The maximum atomic E-state index is 12.1. The Morgan fingerprint density at radius 2 is 1.96 bits per heavy atom. The summed E-state index contributed by atoms with van der Waals surface area (Å²) < 4.78 is 33.3. The third-order valence-electron chi connectivity index (χ3n) is 3.88. The molecule has 0 bridgehead atoms. The summed E-state index contributed by atoms with van der Waals surface area (Å²) in [4.78, 5) is 0. The van der Waals surface area contributed by atoms with Crippen molar-refractivity contribution in [1.29, 1.82) is 0 Å². The van der Waals surface area contributed by atoms with Crippen LogP contribution in [0.1, 0.15) is 51.3 Å². The van der Waals surface area contributed by atoms with E-state index in [0.29, 0.717) is 19.8 Å². The molecule has 1 heterocycles. The summed E-state index contributed by atoms with van der Waals surface area (Å²) in [7, 11) is 0. The highest BCUT2D eigenvalue weighted by molar-refractivity contribution is 7.91. The van der Waals surface area contributed by atoms with Crippen LogP contribution in [0.4, 0.5) is 0 Å². The normalized spacial score (nSPS) is 19.0. The molecule has 5 nitrogen and oxygen atoms in total. The van der Waals surface area contributed by atoms with Gasteiger partial charge in [-0.3, -0.25) is 0 Å². The van der Waals surface area contributed by atoms with Crippen molar-refractivity contribution in [3.8, 4) is 5.75 Å². The van der Waals surface area contributed by atoms with Crippen molar-refractivity contribution < 1.29 is 18.8 Å². The van der Waals surface area contributed by atoms with Crippen LogP contribution in [0.2, 0.25) is 0 Å². The zero-order valence-electron chi connectivity index (χ0n) is 15.3. The summed E-state index contributed by atoms with van der Waals surface area (Å²) in [6, 6.07) is 3.87. The Morgan fingerprint density at radius 3 is 2.50 bits per heavy atom. The SMILES string of the molecule is CCOc1c(C2(C)OCCO2)ccc(/C=N/[S+]([O-])C(C)(C)C)c1C.